The quantitative estimate of drug-likeness (QED) is 0.692. The van der Waals surface area contributed by atoms with Crippen molar-refractivity contribution in [3.05, 3.63) is 101 Å². The van der Waals surface area contributed by atoms with Gasteiger partial charge in [0.15, 0.2) is 5.78 Å². The van der Waals surface area contributed by atoms with E-state index in [0.717, 1.165) is 71.8 Å². The first-order valence-electron chi connectivity index (χ1n) is 10.9. The van der Waals surface area contributed by atoms with Crippen LogP contribution in [0.2, 0.25) is 0 Å². The molecule has 0 saturated carbocycles. The number of hydrogen-bond donors (Lipinski definition) is 1. The fourth-order valence-corrected chi connectivity index (χ4v) is 4.67. The Morgan fingerprint density at radius 1 is 0.710 bits per heavy atom. The molecule has 0 radical (unpaired) electrons. The number of Topliss-reactive ketones (excluding diaryl/α,β-unsaturated/α-hetero) is 1. The maximum Gasteiger partial charge on any atom is 0.194 e. The van der Waals surface area contributed by atoms with E-state index in [1.54, 1.807) is 0 Å². The number of rotatable bonds is 5. The van der Waals surface area contributed by atoms with Crippen molar-refractivity contribution in [3.63, 3.8) is 0 Å². The third-order valence-electron chi connectivity index (χ3n) is 6.27. The number of β-amino-alcohol motifs (C(OH)–C–C–N with tert-alkyl or cyclic N) is 1. The number of hydrogen-bond acceptors (Lipinski definition) is 4. The van der Waals surface area contributed by atoms with Gasteiger partial charge in [-0.1, -0.05) is 66.7 Å². The molecule has 3 aromatic rings. The molecule has 0 spiro atoms. The zero-order chi connectivity index (χ0) is 21.2. The molecule has 156 valence electrons. The third-order valence-corrected chi connectivity index (χ3v) is 6.27. The number of benzene rings is 3. The van der Waals surface area contributed by atoms with Crippen molar-refractivity contribution in [1.29, 1.82) is 0 Å². The van der Waals surface area contributed by atoms with Crippen LogP contribution in [0.3, 0.4) is 0 Å². The van der Waals surface area contributed by atoms with Crippen LogP contribution in [0.1, 0.15) is 27.0 Å². The Hall–Kier alpha value is -3.21. The lowest BCUT2D eigenvalue weighted by Crippen LogP contribution is -2.47. The zero-order valence-electron chi connectivity index (χ0n) is 17.5. The normalized spacial score (nSPS) is 16.7. The fourth-order valence-electron chi connectivity index (χ4n) is 4.67. The molecule has 31 heavy (non-hydrogen) atoms. The predicted molar refractivity (Wildman–Crippen MR) is 125 cm³/mol. The molecule has 0 amide bonds. The van der Waals surface area contributed by atoms with Gasteiger partial charge in [0.25, 0.3) is 0 Å². The molecule has 5 rings (SSSR count). The van der Waals surface area contributed by atoms with Gasteiger partial charge in [0.05, 0.1) is 6.61 Å². The molecule has 4 heteroatoms. The summed E-state index contributed by atoms with van der Waals surface area (Å²) in [6, 6.07) is 26.5. The number of aliphatic hydroxyl groups excluding tert-OH is 1. The van der Waals surface area contributed by atoms with Crippen LogP contribution in [-0.2, 0) is 0 Å². The largest absolute Gasteiger partial charge is 0.395 e. The number of anilines is 1. The van der Waals surface area contributed by atoms with Crippen molar-refractivity contribution in [2.75, 3.05) is 44.2 Å². The molecule has 1 saturated heterocycles. The van der Waals surface area contributed by atoms with Crippen LogP contribution in [0.4, 0.5) is 5.69 Å². The minimum absolute atomic E-state index is 0.0980. The summed E-state index contributed by atoms with van der Waals surface area (Å²) in [7, 11) is 0. The van der Waals surface area contributed by atoms with Gasteiger partial charge in [-0.15, -0.1) is 0 Å². The highest BCUT2D eigenvalue weighted by molar-refractivity contribution is 6.41. The molecular formula is C27H26N2O2. The standard InChI is InChI=1S/C27H26N2O2/c30-18-17-28-13-15-29(16-14-28)22-11-12-23-24(19-22)27(31)26(21-9-5-2-6-10-21)25(23)20-7-3-1-4-8-20/h1-12,19,30H,13-18H2. The van der Waals surface area contributed by atoms with E-state index in [9.17, 15) is 9.90 Å². The Kier molecular flexibility index (Phi) is 5.41. The van der Waals surface area contributed by atoms with E-state index in [2.05, 4.69) is 40.1 Å². The average molecular weight is 411 g/mol. The fraction of sp³-hybridized carbons (Fsp3) is 0.222. The van der Waals surface area contributed by atoms with E-state index in [1.165, 1.54) is 0 Å². The molecule has 0 unspecified atom stereocenters. The van der Waals surface area contributed by atoms with Crippen LogP contribution in [0.25, 0.3) is 11.1 Å². The van der Waals surface area contributed by atoms with Crippen molar-refractivity contribution >= 4 is 22.6 Å². The van der Waals surface area contributed by atoms with Crippen LogP contribution in [0.15, 0.2) is 78.9 Å². The van der Waals surface area contributed by atoms with E-state index in [1.807, 2.05) is 48.5 Å². The van der Waals surface area contributed by atoms with E-state index in [4.69, 9.17) is 0 Å². The van der Waals surface area contributed by atoms with Crippen molar-refractivity contribution in [2.24, 2.45) is 0 Å². The topological polar surface area (TPSA) is 43.8 Å². The summed E-state index contributed by atoms with van der Waals surface area (Å²) in [5.74, 6) is 0.0980. The first-order chi connectivity index (χ1) is 15.3. The van der Waals surface area contributed by atoms with Gasteiger partial charge in [-0.25, -0.2) is 0 Å². The summed E-state index contributed by atoms with van der Waals surface area (Å²) in [4.78, 5) is 18.3. The molecule has 1 N–H and O–H groups in total. The number of allylic oxidation sites excluding steroid dienone is 1. The van der Waals surface area contributed by atoms with Crippen LogP contribution >= 0.6 is 0 Å². The summed E-state index contributed by atoms with van der Waals surface area (Å²) < 4.78 is 0. The van der Waals surface area contributed by atoms with Gasteiger partial charge in [-0.05, 0) is 28.8 Å². The number of nitrogens with zero attached hydrogens (tertiary/aromatic N) is 2. The van der Waals surface area contributed by atoms with Gasteiger partial charge in [0, 0.05) is 55.1 Å². The molecule has 1 fully saturated rings. The third kappa shape index (κ3) is 3.69. The van der Waals surface area contributed by atoms with Crippen molar-refractivity contribution in [3.8, 4) is 0 Å². The van der Waals surface area contributed by atoms with Crippen LogP contribution in [0.5, 0.6) is 0 Å². The maximum absolute atomic E-state index is 13.6. The first kappa shape index (κ1) is 19.7. The van der Waals surface area contributed by atoms with Gasteiger partial charge in [0.2, 0.25) is 0 Å². The lowest BCUT2D eigenvalue weighted by atomic mass is 9.94. The number of carbonyl (C=O) groups is 1. The number of carbonyl (C=O) groups excluding carboxylic acids is 1. The second kappa shape index (κ2) is 8.50. The molecule has 1 aliphatic carbocycles. The molecule has 0 atom stereocenters. The molecule has 1 heterocycles. The zero-order valence-corrected chi connectivity index (χ0v) is 17.5. The second-order valence-electron chi connectivity index (χ2n) is 8.09. The number of aliphatic hydroxyl groups is 1. The summed E-state index contributed by atoms with van der Waals surface area (Å²) in [6.45, 7) is 4.57. The van der Waals surface area contributed by atoms with Crippen molar-refractivity contribution in [1.82, 2.24) is 4.90 Å². The molecule has 0 bridgehead atoms. The molecule has 2 aliphatic rings. The number of piperazine rings is 1. The maximum atomic E-state index is 13.6. The van der Waals surface area contributed by atoms with Gasteiger partial charge in [0.1, 0.15) is 0 Å². The van der Waals surface area contributed by atoms with Crippen LogP contribution in [-0.4, -0.2) is 55.1 Å². The summed E-state index contributed by atoms with van der Waals surface area (Å²) in [5, 5.41) is 9.18. The summed E-state index contributed by atoms with van der Waals surface area (Å²) >= 11 is 0. The smallest absolute Gasteiger partial charge is 0.194 e. The predicted octanol–water partition coefficient (Wildman–Crippen LogP) is 3.96. The highest BCUT2D eigenvalue weighted by atomic mass is 16.3. The Morgan fingerprint density at radius 3 is 1.94 bits per heavy atom. The highest BCUT2D eigenvalue weighted by Gasteiger charge is 2.32. The number of ketones is 1. The van der Waals surface area contributed by atoms with Crippen LogP contribution < -0.4 is 4.90 Å². The first-order valence-corrected chi connectivity index (χ1v) is 10.9. The summed E-state index contributed by atoms with van der Waals surface area (Å²) in [6.07, 6.45) is 0. The Morgan fingerprint density at radius 2 is 1.32 bits per heavy atom. The minimum Gasteiger partial charge on any atom is -0.395 e. The van der Waals surface area contributed by atoms with E-state index < -0.39 is 0 Å². The van der Waals surface area contributed by atoms with Gasteiger partial charge in [-0.3, -0.25) is 9.69 Å². The van der Waals surface area contributed by atoms with Gasteiger partial charge < -0.3 is 10.0 Å². The SMILES string of the molecule is O=C1C(c2ccccc2)=C(c2ccccc2)c2ccc(N3CCN(CCO)CC3)cc21. The number of fused-ring (bicyclic) bond motifs is 1. The molecule has 3 aromatic carbocycles. The summed E-state index contributed by atoms with van der Waals surface area (Å²) in [5.41, 5.74) is 6.72. The van der Waals surface area contributed by atoms with Gasteiger partial charge >= 0.3 is 0 Å². The van der Waals surface area contributed by atoms with Crippen molar-refractivity contribution < 1.29 is 9.90 Å². The molecule has 0 aromatic heterocycles. The van der Waals surface area contributed by atoms with E-state index in [-0.39, 0.29) is 12.4 Å². The van der Waals surface area contributed by atoms with Crippen LogP contribution in [0, 0.1) is 0 Å². The van der Waals surface area contributed by atoms with E-state index >= 15 is 0 Å². The monoisotopic (exact) mass is 410 g/mol. The lowest BCUT2D eigenvalue weighted by Gasteiger charge is -2.36. The minimum atomic E-state index is 0.0980. The molecular weight excluding hydrogens is 384 g/mol. The van der Waals surface area contributed by atoms with Gasteiger partial charge in [-0.2, -0.15) is 0 Å². The van der Waals surface area contributed by atoms with E-state index in [0.29, 0.717) is 0 Å². The Labute approximate surface area is 183 Å². The second-order valence-corrected chi connectivity index (χ2v) is 8.09. The lowest BCUT2D eigenvalue weighted by molar-refractivity contribution is 0.105. The van der Waals surface area contributed by atoms with Crippen molar-refractivity contribution in [2.45, 2.75) is 0 Å². The Bertz CT molecular complexity index is 1110. The average Bonchev–Trinajstić information content (AvgIpc) is 3.13. The molecule has 4 nitrogen and oxygen atoms in total. The highest BCUT2D eigenvalue weighted by Crippen LogP contribution is 2.43. The Balaban J connectivity index is 1.53. The molecule has 1 aliphatic heterocycles.